The van der Waals surface area contributed by atoms with E-state index >= 15 is 0 Å². The molecule has 2 aromatic heterocycles. The molecule has 0 saturated heterocycles. The van der Waals surface area contributed by atoms with Gasteiger partial charge in [-0.15, -0.1) is 16.4 Å². The fraction of sp³-hybridized carbons (Fsp3) is 0.227. The zero-order chi connectivity index (χ0) is 22.5. The van der Waals surface area contributed by atoms with Crippen LogP contribution < -0.4 is 10.1 Å². The van der Waals surface area contributed by atoms with Crippen molar-refractivity contribution in [2.24, 2.45) is 0 Å². The number of tetrazole rings is 1. The average Bonchev–Trinajstić information content (AvgIpc) is 3.44. The molecule has 4 aromatic rings. The minimum Gasteiger partial charge on any atom is -0.497 e. The Kier molecular flexibility index (Phi) is 6.81. The van der Waals surface area contributed by atoms with Gasteiger partial charge in [-0.2, -0.15) is 4.68 Å². The normalized spacial score (nSPS) is 10.8. The van der Waals surface area contributed by atoms with Gasteiger partial charge >= 0.3 is 0 Å². The van der Waals surface area contributed by atoms with E-state index in [1.165, 1.54) is 28.7 Å². The highest BCUT2D eigenvalue weighted by Crippen LogP contribution is 2.24. The second-order valence-electron chi connectivity index (χ2n) is 7.14. The SMILES string of the molecule is COc1ccc(Cc2cnc(NC(=O)CSc3nnnn3-c3ccc(C)c(C)c3)s2)cc1. The van der Waals surface area contributed by atoms with Crippen LogP contribution in [0, 0.1) is 13.8 Å². The summed E-state index contributed by atoms with van der Waals surface area (Å²) in [6.07, 6.45) is 2.54. The van der Waals surface area contributed by atoms with E-state index in [4.69, 9.17) is 4.74 Å². The van der Waals surface area contributed by atoms with Crippen molar-refractivity contribution < 1.29 is 9.53 Å². The van der Waals surface area contributed by atoms with Crippen molar-refractivity contribution in [3.63, 3.8) is 0 Å². The van der Waals surface area contributed by atoms with E-state index in [0.29, 0.717) is 10.3 Å². The molecule has 8 nitrogen and oxygen atoms in total. The van der Waals surface area contributed by atoms with Gasteiger partial charge < -0.3 is 10.1 Å². The van der Waals surface area contributed by atoms with Gasteiger partial charge in [0.05, 0.1) is 18.6 Å². The molecule has 32 heavy (non-hydrogen) atoms. The highest BCUT2D eigenvalue weighted by atomic mass is 32.2. The number of benzene rings is 2. The number of carbonyl (C=O) groups excluding carboxylic acids is 1. The summed E-state index contributed by atoms with van der Waals surface area (Å²) in [4.78, 5) is 17.8. The fourth-order valence-corrected chi connectivity index (χ4v) is 4.52. The molecular formula is C22H22N6O2S2. The van der Waals surface area contributed by atoms with E-state index in [1.807, 2.05) is 49.4 Å². The quantitative estimate of drug-likeness (QED) is 0.391. The number of hydrogen-bond donors (Lipinski definition) is 1. The molecule has 1 N–H and O–H groups in total. The molecule has 4 rings (SSSR count). The Bertz CT molecular complexity index is 1220. The van der Waals surface area contributed by atoms with Crippen LogP contribution in [-0.4, -0.2) is 44.0 Å². The summed E-state index contributed by atoms with van der Waals surface area (Å²) in [5.74, 6) is 0.848. The highest BCUT2D eigenvalue weighted by molar-refractivity contribution is 7.99. The van der Waals surface area contributed by atoms with Gasteiger partial charge in [-0.25, -0.2) is 4.98 Å². The number of aryl methyl sites for hydroxylation is 2. The molecule has 1 amide bonds. The van der Waals surface area contributed by atoms with Crippen molar-refractivity contribution in [1.82, 2.24) is 25.2 Å². The minimum atomic E-state index is -0.157. The number of thioether (sulfide) groups is 1. The molecule has 2 aromatic carbocycles. The van der Waals surface area contributed by atoms with Crippen molar-refractivity contribution in [1.29, 1.82) is 0 Å². The Morgan fingerprint density at radius 3 is 2.72 bits per heavy atom. The van der Waals surface area contributed by atoms with Crippen molar-refractivity contribution >= 4 is 34.1 Å². The third kappa shape index (κ3) is 5.32. The summed E-state index contributed by atoms with van der Waals surface area (Å²) in [5.41, 5.74) is 4.37. The van der Waals surface area contributed by atoms with Crippen LogP contribution in [0.2, 0.25) is 0 Å². The van der Waals surface area contributed by atoms with Gasteiger partial charge in [-0.3, -0.25) is 4.79 Å². The minimum absolute atomic E-state index is 0.157. The maximum absolute atomic E-state index is 12.4. The van der Waals surface area contributed by atoms with E-state index in [0.717, 1.165) is 33.9 Å². The number of aromatic nitrogens is 5. The van der Waals surface area contributed by atoms with E-state index in [-0.39, 0.29) is 11.7 Å². The summed E-state index contributed by atoms with van der Waals surface area (Å²) in [6, 6.07) is 13.9. The summed E-state index contributed by atoms with van der Waals surface area (Å²) in [7, 11) is 1.65. The molecule has 0 aliphatic carbocycles. The Morgan fingerprint density at radius 2 is 1.97 bits per heavy atom. The summed E-state index contributed by atoms with van der Waals surface area (Å²) in [6.45, 7) is 4.10. The molecule has 0 aliphatic heterocycles. The van der Waals surface area contributed by atoms with Crippen LogP contribution in [0.15, 0.2) is 53.8 Å². The molecule has 0 fully saturated rings. The fourth-order valence-electron chi connectivity index (χ4n) is 2.97. The van der Waals surface area contributed by atoms with Crippen molar-refractivity contribution in [2.75, 3.05) is 18.2 Å². The maximum atomic E-state index is 12.4. The number of anilines is 1. The smallest absolute Gasteiger partial charge is 0.236 e. The Balaban J connectivity index is 1.33. The van der Waals surface area contributed by atoms with Gasteiger partial charge in [-0.05, 0) is 65.2 Å². The number of amides is 1. The third-order valence-electron chi connectivity index (χ3n) is 4.85. The first-order valence-corrected chi connectivity index (χ1v) is 11.7. The van der Waals surface area contributed by atoms with Crippen LogP contribution in [0.4, 0.5) is 5.13 Å². The van der Waals surface area contributed by atoms with Gasteiger partial charge in [-0.1, -0.05) is 30.0 Å². The Labute approximate surface area is 194 Å². The summed E-state index contributed by atoms with van der Waals surface area (Å²) in [5, 5.41) is 15.9. The van der Waals surface area contributed by atoms with Crippen molar-refractivity contribution in [3.05, 3.63) is 70.2 Å². The van der Waals surface area contributed by atoms with Gasteiger partial charge in [0.15, 0.2) is 5.13 Å². The molecule has 0 radical (unpaired) electrons. The molecule has 0 unspecified atom stereocenters. The number of carbonyl (C=O) groups is 1. The van der Waals surface area contributed by atoms with Crippen LogP contribution in [-0.2, 0) is 11.2 Å². The first-order chi connectivity index (χ1) is 15.5. The van der Waals surface area contributed by atoms with E-state index in [1.54, 1.807) is 18.0 Å². The number of hydrogen-bond acceptors (Lipinski definition) is 8. The second kappa shape index (κ2) is 9.92. The van der Waals surface area contributed by atoms with E-state index in [2.05, 4.69) is 32.7 Å². The maximum Gasteiger partial charge on any atom is 0.236 e. The standard InChI is InChI=1S/C22H22N6O2S2/c1-14-4-7-17(10-15(14)2)28-22(25-26-27-28)31-13-20(29)24-21-23-12-19(32-21)11-16-5-8-18(30-3)9-6-16/h4-10,12H,11,13H2,1-3H3,(H,23,24,29). The lowest BCUT2D eigenvalue weighted by atomic mass is 10.1. The molecule has 0 aliphatic rings. The predicted molar refractivity (Wildman–Crippen MR) is 126 cm³/mol. The Morgan fingerprint density at radius 1 is 1.16 bits per heavy atom. The van der Waals surface area contributed by atoms with Gasteiger partial charge in [0.1, 0.15) is 5.75 Å². The Hall–Kier alpha value is -3.24. The lowest BCUT2D eigenvalue weighted by Gasteiger charge is -2.07. The third-order valence-corrected chi connectivity index (χ3v) is 6.68. The summed E-state index contributed by atoms with van der Waals surface area (Å²) >= 11 is 2.74. The second-order valence-corrected chi connectivity index (χ2v) is 9.19. The topological polar surface area (TPSA) is 94.8 Å². The zero-order valence-electron chi connectivity index (χ0n) is 17.9. The van der Waals surface area contributed by atoms with Crippen LogP contribution in [0.3, 0.4) is 0 Å². The average molecular weight is 467 g/mol. The predicted octanol–water partition coefficient (Wildman–Crippen LogP) is 4.07. The van der Waals surface area contributed by atoms with Gasteiger partial charge in [0.25, 0.3) is 0 Å². The molecular weight excluding hydrogens is 444 g/mol. The number of methoxy groups -OCH3 is 1. The van der Waals surface area contributed by atoms with E-state index < -0.39 is 0 Å². The van der Waals surface area contributed by atoms with Gasteiger partial charge in [0.2, 0.25) is 11.1 Å². The van der Waals surface area contributed by atoms with Crippen molar-refractivity contribution in [2.45, 2.75) is 25.4 Å². The largest absolute Gasteiger partial charge is 0.497 e. The number of rotatable bonds is 8. The number of ether oxygens (including phenoxy) is 1. The molecule has 0 saturated carbocycles. The number of nitrogens with zero attached hydrogens (tertiary/aromatic N) is 5. The molecule has 164 valence electrons. The zero-order valence-corrected chi connectivity index (χ0v) is 19.5. The summed E-state index contributed by atoms with van der Waals surface area (Å²) < 4.78 is 6.83. The first kappa shape index (κ1) is 22.0. The first-order valence-electron chi connectivity index (χ1n) is 9.88. The molecule has 0 spiro atoms. The van der Waals surface area contributed by atoms with E-state index in [9.17, 15) is 4.79 Å². The lowest BCUT2D eigenvalue weighted by molar-refractivity contribution is -0.113. The molecule has 10 heteroatoms. The molecule has 0 bridgehead atoms. The van der Waals surface area contributed by atoms with Crippen molar-refractivity contribution in [3.8, 4) is 11.4 Å². The van der Waals surface area contributed by atoms with Crippen LogP contribution >= 0.6 is 23.1 Å². The van der Waals surface area contributed by atoms with Crippen LogP contribution in [0.25, 0.3) is 5.69 Å². The lowest BCUT2D eigenvalue weighted by Crippen LogP contribution is -2.14. The molecule has 0 atom stereocenters. The number of thiazole rings is 1. The number of nitrogens with one attached hydrogen (secondary N) is 1. The van der Waals surface area contributed by atoms with Gasteiger partial charge in [0, 0.05) is 17.5 Å². The molecule has 2 heterocycles. The van der Waals surface area contributed by atoms with Crippen LogP contribution in [0.1, 0.15) is 21.6 Å². The van der Waals surface area contributed by atoms with Crippen LogP contribution in [0.5, 0.6) is 5.75 Å². The highest BCUT2D eigenvalue weighted by Gasteiger charge is 2.13. The monoisotopic (exact) mass is 466 g/mol.